The van der Waals surface area contributed by atoms with Gasteiger partial charge in [0.2, 0.25) is 5.91 Å². The maximum absolute atomic E-state index is 12.8. The molecule has 0 spiro atoms. The fourth-order valence-electron chi connectivity index (χ4n) is 5.19. The summed E-state index contributed by atoms with van der Waals surface area (Å²) in [7, 11) is 1.43. The Balaban J connectivity index is 1.17. The quantitative estimate of drug-likeness (QED) is 0.384. The Morgan fingerprint density at radius 3 is 2.26 bits per heavy atom. The van der Waals surface area contributed by atoms with E-state index in [0.29, 0.717) is 13.1 Å². The van der Waals surface area contributed by atoms with Gasteiger partial charge in [0.15, 0.2) is 5.75 Å². The summed E-state index contributed by atoms with van der Waals surface area (Å²) in [5, 5.41) is 14.6. The van der Waals surface area contributed by atoms with Gasteiger partial charge in [-0.05, 0) is 54.9 Å². The number of hydrogen-bond donors (Lipinski definition) is 1. The lowest BCUT2D eigenvalue weighted by Gasteiger charge is -2.37. The molecule has 9 heteroatoms. The summed E-state index contributed by atoms with van der Waals surface area (Å²) < 4.78 is 11.2. The predicted octanol–water partition coefficient (Wildman–Crippen LogP) is 4.99. The van der Waals surface area contributed by atoms with Gasteiger partial charge in [-0.15, -0.1) is 0 Å². The molecule has 0 unspecified atom stereocenters. The maximum atomic E-state index is 12.8. The third kappa shape index (κ3) is 6.95. The van der Waals surface area contributed by atoms with Crippen LogP contribution in [-0.2, 0) is 14.9 Å². The number of carbonyl (C=O) groups excluding carboxylic acids is 1. The van der Waals surface area contributed by atoms with Gasteiger partial charge in [-0.1, -0.05) is 32.9 Å². The second-order valence-corrected chi connectivity index (χ2v) is 11.2. The number of benzene rings is 2. The summed E-state index contributed by atoms with van der Waals surface area (Å²) in [6.45, 7) is 9.85. The van der Waals surface area contributed by atoms with Crippen molar-refractivity contribution in [1.82, 2.24) is 4.90 Å². The minimum absolute atomic E-state index is 0.0454. The topological polar surface area (TPSA) is 97.2 Å². The lowest BCUT2D eigenvalue weighted by atomic mass is 9.87. The number of anilines is 2. The number of piperazine rings is 1. The maximum Gasteiger partial charge on any atom is 0.311 e. The van der Waals surface area contributed by atoms with Crippen molar-refractivity contribution in [2.24, 2.45) is 0 Å². The van der Waals surface area contributed by atoms with E-state index < -0.39 is 4.92 Å². The van der Waals surface area contributed by atoms with E-state index >= 15 is 0 Å². The Morgan fingerprint density at radius 1 is 1.03 bits per heavy atom. The average Bonchev–Trinajstić information content (AvgIpc) is 2.92. The lowest BCUT2D eigenvalue weighted by Crippen LogP contribution is -2.50. The van der Waals surface area contributed by atoms with Crippen LogP contribution in [0.15, 0.2) is 42.5 Å². The number of hydrogen-bond acceptors (Lipinski definition) is 7. The summed E-state index contributed by atoms with van der Waals surface area (Å²) >= 11 is 0. The standard InChI is InChI=1S/C29H40N4O5/c1-29(2,3)21-5-10-24(11-6-21)31-15-17-32(18-16-31)28(34)20-38-25-12-7-22(8-13-25)30-23-9-14-26(33(35)36)27(19-23)37-4/h5-6,9-11,14,19,22,25,30H,7-8,12-13,15-18,20H2,1-4H3/t22-,25-. The van der Waals surface area contributed by atoms with Gasteiger partial charge in [-0.25, -0.2) is 0 Å². The first kappa shape index (κ1) is 27.7. The minimum Gasteiger partial charge on any atom is -0.490 e. The van der Waals surface area contributed by atoms with Crippen LogP contribution in [0.1, 0.15) is 52.0 Å². The molecule has 2 aliphatic rings. The Morgan fingerprint density at radius 2 is 1.68 bits per heavy atom. The second-order valence-electron chi connectivity index (χ2n) is 11.2. The van der Waals surface area contributed by atoms with Gasteiger partial charge >= 0.3 is 5.69 Å². The highest BCUT2D eigenvalue weighted by Crippen LogP contribution is 2.32. The summed E-state index contributed by atoms with van der Waals surface area (Å²) in [6, 6.07) is 13.9. The fourth-order valence-corrected chi connectivity index (χ4v) is 5.19. The average molecular weight is 525 g/mol. The normalized spacial score (nSPS) is 20.2. The smallest absolute Gasteiger partial charge is 0.311 e. The molecule has 0 atom stereocenters. The van der Waals surface area contributed by atoms with Crippen molar-refractivity contribution in [2.45, 2.75) is 64.0 Å². The van der Waals surface area contributed by atoms with Crippen LogP contribution in [0.4, 0.5) is 17.1 Å². The Hall–Kier alpha value is -3.33. The largest absolute Gasteiger partial charge is 0.490 e. The third-order valence-corrected chi connectivity index (χ3v) is 7.59. The van der Waals surface area contributed by atoms with Gasteiger partial charge < -0.3 is 24.6 Å². The first-order valence-electron chi connectivity index (χ1n) is 13.5. The van der Waals surface area contributed by atoms with Crippen molar-refractivity contribution < 1.29 is 19.2 Å². The van der Waals surface area contributed by atoms with Crippen LogP contribution >= 0.6 is 0 Å². The van der Waals surface area contributed by atoms with E-state index in [4.69, 9.17) is 9.47 Å². The number of rotatable bonds is 8. The molecule has 0 bridgehead atoms. The third-order valence-electron chi connectivity index (χ3n) is 7.59. The van der Waals surface area contributed by atoms with Gasteiger partial charge in [-0.2, -0.15) is 0 Å². The summed E-state index contributed by atoms with van der Waals surface area (Å²) in [6.07, 6.45) is 3.63. The molecule has 9 nitrogen and oxygen atoms in total. The van der Waals surface area contributed by atoms with Crippen molar-refractivity contribution >= 4 is 23.0 Å². The molecule has 1 N–H and O–H groups in total. The van der Waals surface area contributed by atoms with Crippen molar-refractivity contribution in [2.75, 3.05) is 50.1 Å². The first-order valence-corrected chi connectivity index (χ1v) is 13.5. The fraction of sp³-hybridized carbons (Fsp3) is 0.552. The molecule has 1 aliphatic carbocycles. The van der Waals surface area contributed by atoms with Crippen molar-refractivity contribution in [3.8, 4) is 5.75 Å². The van der Waals surface area contributed by atoms with Crippen molar-refractivity contribution in [3.63, 3.8) is 0 Å². The number of amides is 1. The zero-order valence-corrected chi connectivity index (χ0v) is 22.9. The van der Waals surface area contributed by atoms with E-state index in [9.17, 15) is 14.9 Å². The van der Waals surface area contributed by atoms with Crippen molar-refractivity contribution in [1.29, 1.82) is 0 Å². The molecule has 1 saturated carbocycles. The number of nitro benzene ring substituents is 1. The van der Waals surface area contributed by atoms with Crippen molar-refractivity contribution in [3.05, 3.63) is 58.1 Å². The van der Waals surface area contributed by atoms with E-state index in [0.717, 1.165) is 44.5 Å². The van der Waals surface area contributed by atoms with Gasteiger partial charge in [0, 0.05) is 55.7 Å². The van der Waals surface area contributed by atoms with Crippen LogP contribution in [0, 0.1) is 10.1 Å². The summed E-state index contributed by atoms with van der Waals surface area (Å²) in [5.41, 5.74) is 3.43. The Labute approximate surface area is 225 Å². The van der Waals surface area contributed by atoms with E-state index in [2.05, 4.69) is 55.3 Å². The number of carbonyl (C=O) groups is 1. The first-order chi connectivity index (χ1) is 18.1. The molecule has 38 heavy (non-hydrogen) atoms. The molecule has 1 saturated heterocycles. The zero-order valence-electron chi connectivity index (χ0n) is 22.9. The van der Waals surface area contributed by atoms with Gasteiger partial charge in [0.05, 0.1) is 18.1 Å². The molecular weight excluding hydrogens is 484 g/mol. The number of nitrogens with zero attached hydrogens (tertiary/aromatic N) is 3. The number of methoxy groups -OCH3 is 1. The lowest BCUT2D eigenvalue weighted by molar-refractivity contribution is -0.385. The second kappa shape index (κ2) is 12.0. The minimum atomic E-state index is -0.446. The number of nitro groups is 1. The van der Waals surface area contributed by atoms with Crippen LogP contribution in [0.25, 0.3) is 0 Å². The highest BCUT2D eigenvalue weighted by Gasteiger charge is 2.26. The van der Waals surface area contributed by atoms with Gasteiger partial charge in [-0.3, -0.25) is 14.9 Å². The van der Waals surface area contributed by atoms with Crippen LogP contribution in [0.3, 0.4) is 0 Å². The van der Waals surface area contributed by atoms with Crippen LogP contribution in [0.5, 0.6) is 5.75 Å². The van der Waals surface area contributed by atoms with Gasteiger partial charge in [0.1, 0.15) is 6.61 Å². The highest BCUT2D eigenvalue weighted by atomic mass is 16.6. The molecule has 2 aromatic carbocycles. The van der Waals surface area contributed by atoms with E-state index in [1.54, 1.807) is 12.1 Å². The van der Waals surface area contributed by atoms with Crippen LogP contribution in [0.2, 0.25) is 0 Å². The predicted molar refractivity (Wildman–Crippen MR) is 149 cm³/mol. The molecule has 4 rings (SSSR count). The molecule has 206 valence electrons. The summed E-state index contributed by atoms with van der Waals surface area (Å²) in [5.74, 6) is 0.306. The Bertz CT molecular complexity index is 1100. The molecule has 0 aromatic heterocycles. The Kier molecular flexibility index (Phi) is 8.76. The van der Waals surface area contributed by atoms with Crippen LogP contribution in [-0.4, -0.2) is 67.8 Å². The monoisotopic (exact) mass is 524 g/mol. The SMILES string of the molecule is COc1cc(N[C@H]2CC[C@H](OCC(=O)N3CCN(c4ccc(C(C)(C)C)cc4)CC3)CC2)ccc1[N+](=O)[O-]. The highest BCUT2D eigenvalue weighted by molar-refractivity contribution is 5.77. The zero-order chi connectivity index (χ0) is 27.3. The van der Waals surface area contributed by atoms with E-state index in [1.165, 1.54) is 24.4 Å². The molecule has 1 heterocycles. The van der Waals surface area contributed by atoms with E-state index in [1.807, 2.05) is 4.90 Å². The molecular formula is C29H40N4O5. The van der Waals surface area contributed by atoms with Gasteiger partial charge in [0.25, 0.3) is 0 Å². The number of nitrogens with one attached hydrogen (secondary N) is 1. The number of ether oxygens (including phenoxy) is 2. The molecule has 1 aliphatic heterocycles. The molecule has 1 amide bonds. The molecule has 2 aromatic rings. The molecule has 2 fully saturated rings. The molecule has 0 radical (unpaired) electrons. The van der Waals surface area contributed by atoms with Crippen LogP contribution < -0.4 is 15.0 Å². The van der Waals surface area contributed by atoms with E-state index in [-0.39, 0.29) is 41.5 Å². The summed E-state index contributed by atoms with van der Waals surface area (Å²) in [4.78, 5) is 27.7.